The van der Waals surface area contributed by atoms with E-state index in [-0.39, 0.29) is 0 Å². The number of benzene rings is 2. The molecular formula is C25H29N5OS. The van der Waals surface area contributed by atoms with Crippen LogP contribution in [0.1, 0.15) is 30.9 Å². The molecule has 6 nitrogen and oxygen atoms in total. The summed E-state index contributed by atoms with van der Waals surface area (Å²) in [6, 6.07) is 19.9. The zero-order valence-electron chi connectivity index (χ0n) is 18.5. The first-order valence-electron chi connectivity index (χ1n) is 11.0. The minimum Gasteiger partial charge on any atom is -0.439 e. The van der Waals surface area contributed by atoms with Gasteiger partial charge in [-0.05, 0) is 55.6 Å². The number of ether oxygens (including phenoxy) is 1. The normalized spacial score (nSPS) is 15.8. The molecule has 0 saturated carbocycles. The Hall–Kier alpha value is -3.19. The Morgan fingerprint density at radius 2 is 1.91 bits per heavy atom. The van der Waals surface area contributed by atoms with Crippen molar-refractivity contribution in [2.75, 3.05) is 23.3 Å². The van der Waals surface area contributed by atoms with Crippen LogP contribution in [0, 0.1) is 12.8 Å². The SMILES string of the molecule is Cc1ccc(CNC(=S)Nc2nc(Oc3ccccc3)cc(N3CCC[C@@H](C)C3)n2)cc1. The van der Waals surface area contributed by atoms with Crippen molar-refractivity contribution in [2.24, 2.45) is 5.92 Å². The van der Waals surface area contributed by atoms with Crippen LogP contribution in [-0.2, 0) is 6.54 Å². The Kier molecular flexibility index (Phi) is 7.17. The first-order valence-corrected chi connectivity index (χ1v) is 11.4. The number of hydrogen-bond acceptors (Lipinski definition) is 5. The van der Waals surface area contributed by atoms with Crippen LogP contribution in [0.4, 0.5) is 11.8 Å². The summed E-state index contributed by atoms with van der Waals surface area (Å²) >= 11 is 5.50. The number of nitrogens with one attached hydrogen (secondary N) is 2. The number of thiocarbonyl (C=S) groups is 1. The molecule has 1 atom stereocenters. The van der Waals surface area contributed by atoms with Crippen molar-refractivity contribution in [2.45, 2.75) is 33.2 Å². The second kappa shape index (κ2) is 10.4. The van der Waals surface area contributed by atoms with E-state index in [0.29, 0.717) is 29.4 Å². The lowest BCUT2D eigenvalue weighted by Gasteiger charge is -2.32. The second-order valence-corrected chi connectivity index (χ2v) is 8.70. The van der Waals surface area contributed by atoms with Gasteiger partial charge in [0.05, 0.1) is 0 Å². The van der Waals surface area contributed by atoms with Gasteiger partial charge in [-0.3, -0.25) is 0 Å². The van der Waals surface area contributed by atoms with E-state index >= 15 is 0 Å². The van der Waals surface area contributed by atoms with Gasteiger partial charge in [-0.25, -0.2) is 0 Å². The Labute approximate surface area is 195 Å². The molecular weight excluding hydrogens is 418 g/mol. The zero-order valence-corrected chi connectivity index (χ0v) is 19.4. The molecule has 1 aliphatic heterocycles. The lowest BCUT2D eigenvalue weighted by molar-refractivity contribution is 0.440. The third-order valence-electron chi connectivity index (χ3n) is 5.43. The molecule has 0 bridgehead atoms. The molecule has 1 fully saturated rings. The Balaban J connectivity index is 1.50. The summed E-state index contributed by atoms with van der Waals surface area (Å²) < 4.78 is 6.02. The zero-order chi connectivity index (χ0) is 22.3. The van der Waals surface area contributed by atoms with Gasteiger partial charge in [-0.15, -0.1) is 0 Å². The van der Waals surface area contributed by atoms with E-state index in [2.05, 4.69) is 58.6 Å². The third kappa shape index (κ3) is 6.17. The molecule has 3 aromatic rings. The van der Waals surface area contributed by atoms with E-state index in [4.69, 9.17) is 21.9 Å². The molecule has 2 heterocycles. The molecule has 1 saturated heterocycles. The van der Waals surface area contributed by atoms with Gasteiger partial charge in [-0.1, -0.05) is 55.0 Å². The van der Waals surface area contributed by atoms with E-state index in [9.17, 15) is 0 Å². The topological polar surface area (TPSA) is 62.3 Å². The Bertz CT molecular complexity index is 1040. The molecule has 1 aliphatic rings. The number of piperidine rings is 1. The molecule has 0 aliphatic carbocycles. The van der Waals surface area contributed by atoms with Crippen LogP contribution in [0.15, 0.2) is 60.7 Å². The molecule has 32 heavy (non-hydrogen) atoms. The quantitative estimate of drug-likeness (QED) is 0.497. The van der Waals surface area contributed by atoms with Crippen LogP contribution in [-0.4, -0.2) is 28.2 Å². The summed E-state index contributed by atoms with van der Waals surface area (Å²) in [5, 5.41) is 6.83. The van der Waals surface area contributed by atoms with E-state index in [1.165, 1.54) is 12.0 Å². The van der Waals surface area contributed by atoms with Crippen molar-refractivity contribution in [3.8, 4) is 11.6 Å². The molecule has 0 spiro atoms. The smallest absolute Gasteiger partial charge is 0.234 e. The summed E-state index contributed by atoms with van der Waals surface area (Å²) in [5.41, 5.74) is 2.39. The predicted molar refractivity (Wildman–Crippen MR) is 133 cm³/mol. The second-order valence-electron chi connectivity index (χ2n) is 8.29. The molecule has 0 amide bonds. The maximum absolute atomic E-state index is 6.02. The highest BCUT2D eigenvalue weighted by Crippen LogP contribution is 2.27. The third-order valence-corrected chi connectivity index (χ3v) is 5.68. The van der Waals surface area contributed by atoms with Crippen LogP contribution >= 0.6 is 12.2 Å². The highest BCUT2D eigenvalue weighted by Gasteiger charge is 2.20. The van der Waals surface area contributed by atoms with E-state index in [1.54, 1.807) is 0 Å². The molecule has 2 N–H and O–H groups in total. The maximum atomic E-state index is 6.02. The lowest BCUT2D eigenvalue weighted by Crippen LogP contribution is -2.35. The summed E-state index contributed by atoms with van der Waals surface area (Å²) in [6.07, 6.45) is 2.40. The number of aryl methyl sites for hydroxylation is 1. The van der Waals surface area contributed by atoms with E-state index in [1.807, 2.05) is 36.4 Å². The summed E-state index contributed by atoms with van der Waals surface area (Å²) in [7, 11) is 0. The molecule has 0 unspecified atom stereocenters. The minimum atomic E-state index is 0.424. The van der Waals surface area contributed by atoms with Crippen molar-refractivity contribution in [1.82, 2.24) is 15.3 Å². The van der Waals surface area contributed by atoms with Crippen LogP contribution in [0.2, 0.25) is 0 Å². The molecule has 1 aromatic heterocycles. The monoisotopic (exact) mass is 447 g/mol. The molecule has 4 rings (SSSR count). The highest BCUT2D eigenvalue weighted by molar-refractivity contribution is 7.80. The first kappa shape index (κ1) is 22.0. The van der Waals surface area contributed by atoms with E-state index < -0.39 is 0 Å². The van der Waals surface area contributed by atoms with Crippen LogP contribution in [0.3, 0.4) is 0 Å². The fraction of sp³-hybridized carbons (Fsp3) is 0.320. The summed E-state index contributed by atoms with van der Waals surface area (Å²) in [6.45, 7) is 6.92. The van der Waals surface area contributed by atoms with Gasteiger partial charge in [0.25, 0.3) is 0 Å². The predicted octanol–water partition coefficient (Wildman–Crippen LogP) is 5.30. The van der Waals surface area contributed by atoms with Crippen molar-refractivity contribution in [3.63, 3.8) is 0 Å². The number of hydrogen-bond donors (Lipinski definition) is 2. The average Bonchev–Trinajstić information content (AvgIpc) is 2.79. The van der Waals surface area contributed by atoms with Crippen molar-refractivity contribution < 1.29 is 4.74 Å². The largest absolute Gasteiger partial charge is 0.439 e. The van der Waals surface area contributed by atoms with Crippen molar-refractivity contribution in [3.05, 3.63) is 71.8 Å². The first-order chi connectivity index (χ1) is 15.5. The van der Waals surface area contributed by atoms with Gasteiger partial charge >= 0.3 is 0 Å². The fourth-order valence-corrected chi connectivity index (χ4v) is 3.89. The average molecular weight is 448 g/mol. The number of aromatic nitrogens is 2. The molecule has 7 heteroatoms. The maximum Gasteiger partial charge on any atom is 0.234 e. The van der Waals surface area contributed by atoms with Crippen molar-refractivity contribution >= 4 is 29.1 Å². The van der Waals surface area contributed by atoms with Crippen LogP contribution in [0.5, 0.6) is 11.6 Å². The van der Waals surface area contributed by atoms with Crippen molar-refractivity contribution in [1.29, 1.82) is 0 Å². The van der Waals surface area contributed by atoms with E-state index in [0.717, 1.165) is 36.6 Å². The standard InChI is InChI=1S/C25H29N5OS/c1-18-10-12-20(13-11-18)16-26-25(32)29-24-27-22(30-14-6-7-19(2)17-30)15-23(28-24)31-21-8-4-3-5-9-21/h3-5,8-13,15,19H,6-7,14,16-17H2,1-2H3,(H2,26,27,28,29,32)/t19-/m1/s1. The number of para-hydroxylation sites is 1. The fourth-order valence-electron chi connectivity index (χ4n) is 3.72. The molecule has 0 radical (unpaired) electrons. The minimum absolute atomic E-state index is 0.424. The van der Waals surface area contributed by atoms with Gasteiger partial charge in [0.2, 0.25) is 11.8 Å². The molecule has 2 aromatic carbocycles. The van der Waals surface area contributed by atoms with Gasteiger partial charge in [0, 0.05) is 25.7 Å². The van der Waals surface area contributed by atoms with Gasteiger partial charge < -0.3 is 20.3 Å². The van der Waals surface area contributed by atoms with Gasteiger partial charge in [-0.2, -0.15) is 9.97 Å². The Morgan fingerprint density at radius 3 is 2.66 bits per heavy atom. The highest BCUT2D eigenvalue weighted by atomic mass is 32.1. The van der Waals surface area contributed by atoms with Gasteiger partial charge in [0.15, 0.2) is 5.11 Å². The number of nitrogens with zero attached hydrogens (tertiary/aromatic N) is 3. The lowest BCUT2D eigenvalue weighted by atomic mass is 10.0. The number of anilines is 2. The van der Waals surface area contributed by atoms with Crippen LogP contribution < -0.4 is 20.3 Å². The van der Waals surface area contributed by atoms with Crippen LogP contribution in [0.25, 0.3) is 0 Å². The summed E-state index contributed by atoms with van der Waals surface area (Å²) in [4.78, 5) is 11.6. The molecule has 166 valence electrons. The Morgan fingerprint density at radius 1 is 1.12 bits per heavy atom. The number of rotatable bonds is 6. The van der Waals surface area contributed by atoms with Gasteiger partial charge in [0.1, 0.15) is 11.6 Å². The summed E-state index contributed by atoms with van der Waals surface area (Å²) in [5.74, 6) is 3.12.